The number of aryl methyl sites for hydroxylation is 1. The molecule has 11 nitrogen and oxygen atoms in total. The fraction of sp³-hybridized carbons (Fsp3) is 0.490. The van der Waals surface area contributed by atoms with E-state index in [1.165, 1.54) is 6.07 Å². The van der Waals surface area contributed by atoms with Gasteiger partial charge in [-0.05, 0) is 89.8 Å². The zero-order chi connectivity index (χ0) is 43.1. The van der Waals surface area contributed by atoms with Crippen LogP contribution in [0.25, 0.3) is 6.08 Å². The van der Waals surface area contributed by atoms with Gasteiger partial charge in [0.05, 0.1) is 35.8 Å². The number of fused-ring (bicyclic) bond motifs is 8. The number of nitrogens with two attached hydrogens (primary N) is 1. The summed E-state index contributed by atoms with van der Waals surface area (Å²) in [5, 5.41) is 49.1. The Morgan fingerprint density at radius 3 is 2.74 bits per heavy atom. The maximum Gasteiger partial charge on any atom is 0.187 e. The molecular weight excluding hydrogens is 781 g/mol. The first-order valence-electron chi connectivity index (χ1n) is 22.6. The Labute approximate surface area is 364 Å². The lowest BCUT2D eigenvalue weighted by Crippen LogP contribution is -2.47. The van der Waals surface area contributed by atoms with Gasteiger partial charge in [-0.15, -0.1) is 0 Å². The molecule has 0 radical (unpaired) electrons. The number of carbonyl (C=O) groups excluding carboxylic acids is 1. The SMILES string of the molecule is CCCCCC(C(=O)CCc1cc2c(cc1O)OC#CC1(CCCC1)C1C#CC(O)c3ccc4c(c3CC3=CN=C5CN(C=C35)C1O2)C=CNC4N)C(O)C1C=CC(C)CC1O. The predicted molar refractivity (Wildman–Crippen MR) is 237 cm³/mol. The van der Waals surface area contributed by atoms with Crippen LogP contribution in [0.5, 0.6) is 17.2 Å². The van der Waals surface area contributed by atoms with Crippen LogP contribution in [0.4, 0.5) is 0 Å². The number of rotatable bonds is 10. The van der Waals surface area contributed by atoms with Gasteiger partial charge >= 0.3 is 0 Å². The first-order chi connectivity index (χ1) is 30.0. The van der Waals surface area contributed by atoms with Crippen LogP contribution < -0.4 is 20.5 Å². The van der Waals surface area contributed by atoms with Crippen LogP contribution in [0.1, 0.15) is 118 Å². The van der Waals surface area contributed by atoms with E-state index in [4.69, 9.17) is 20.2 Å². The highest BCUT2D eigenvalue weighted by Crippen LogP contribution is 2.49. The van der Waals surface area contributed by atoms with Crippen molar-refractivity contribution in [1.82, 2.24) is 10.2 Å². The summed E-state index contributed by atoms with van der Waals surface area (Å²) in [6.45, 7) is 4.61. The molecular formula is C51H58N4O7. The summed E-state index contributed by atoms with van der Waals surface area (Å²) < 4.78 is 13.2. The number of Topliss-reactive ketones (excluding diaryl/α,β-unsaturated/α-hetero) is 1. The minimum atomic E-state index is -1.10. The molecule has 11 heteroatoms. The Bertz CT molecular complexity index is 2390. The summed E-state index contributed by atoms with van der Waals surface area (Å²) in [5.74, 6) is 9.29. The van der Waals surface area contributed by atoms with Crippen molar-refractivity contribution >= 4 is 17.6 Å². The second kappa shape index (κ2) is 17.5. The number of benzene rings is 2. The molecule has 0 aromatic heterocycles. The smallest absolute Gasteiger partial charge is 0.187 e. The van der Waals surface area contributed by atoms with E-state index in [9.17, 15) is 25.2 Å². The van der Waals surface area contributed by atoms with Crippen molar-refractivity contribution in [1.29, 1.82) is 0 Å². The molecule has 62 heavy (non-hydrogen) atoms. The van der Waals surface area contributed by atoms with Gasteiger partial charge in [0.1, 0.15) is 29.9 Å². The van der Waals surface area contributed by atoms with Gasteiger partial charge in [-0.1, -0.05) is 88.0 Å². The van der Waals surface area contributed by atoms with Gasteiger partial charge in [-0.2, -0.15) is 0 Å². The standard InChI is InChI=1S/C51H58N4O7/c1-3-4-5-8-36(48(60)37-11-9-30(2)23-45(37)59)43(57)15-10-31-25-47-46(26-44(31)58)61-22-20-51(18-6-7-19-51)40-14-16-42(56)34-12-13-35-33(17-21-53-49(35)52)38(34)24-32-27-54-41-29-55(28-39(32)41)50(40)62-47/h9,11-13,17,21,25-28,30,36-37,40,42,45,48-50,53,56,58-60H,3-8,10,15,18-19,23-24,29,52H2,1-2H3. The van der Waals surface area contributed by atoms with Crippen LogP contribution in [0.3, 0.4) is 0 Å². The van der Waals surface area contributed by atoms with E-state index in [2.05, 4.69) is 47.2 Å². The highest BCUT2D eigenvalue weighted by atomic mass is 16.5. The zero-order valence-corrected chi connectivity index (χ0v) is 35.6. The fourth-order valence-corrected chi connectivity index (χ4v) is 10.7. The molecule has 9 atom stereocenters. The summed E-state index contributed by atoms with van der Waals surface area (Å²) in [6.07, 6.45) is 18.9. The molecule has 7 N–H and O–H groups in total. The minimum Gasteiger partial charge on any atom is -0.508 e. The number of aliphatic hydroxyl groups excluding tert-OH is 3. The number of aliphatic hydroxyl groups is 3. The number of ketones is 1. The average Bonchev–Trinajstić information content (AvgIpc) is 4.00. The second-order valence-electron chi connectivity index (χ2n) is 18.3. The van der Waals surface area contributed by atoms with E-state index in [1.54, 1.807) is 6.07 Å². The van der Waals surface area contributed by atoms with Gasteiger partial charge in [0.25, 0.3) is 0 Å². The molecule has 7 aliphatic rings. The summed E-state index contributed by atoms with van der Waals surface area (Å²) in [7, 11) is 0. The Hall–Kier alpha value is -5.30. The highest BCUT2D eigenvalue weighted by molar-refractivity contribution is 6.09. The first kappa shape index (κ1) is 42.0. The summed E-state index contributed by atoms with van der Waals surface area (Å²) in [5.41, 5.74) is 12.9. The van der Waals surface area contributed by atoms with Crippen molar-refractivity contribution < 1.29 is 34.7 Å². The third-order valence-corrected chi connectivity index (χ3v) is 14.2. The zero-order valence-electron chi connectivity index (χ0n) is 35.6. The van der Waals surface area contributed by atoms with Crippen LogP contribution in [-0.2, 0) is 17.6 Å². The molecule has 0 saturated heterocycles. The number of nitrogens with zero attached hydrogens (tertiary/aromatic N) is 2. The monoisotopic (exact) mass is 838 g/mol. The fourth-order valence-electron chi connectivity index (χ4n) is 10.7. The van der Waals surface area contributed by atoms with E-state index in [0.29, 0.717) is 37.1 Å². The molecule has 2 aromatic carbocycles. The molecule has 2 aromatic rings. The molecule has 9 unspecified atom stereocenters. The number of unbranched alkanes of at least 4 members (excludes halogenated alkanes) is 2. The Kier molecular flexibility index (Phi) is 11.8. The van der Waals surface area contributed by atoms with Gasteiger partial charge < -0.3 is 45.9 Å². The largest absolute Gasteiger partial charge is 0.508 e. The van der Waals surface area contributed by atoms with E-state index < -0.39 is 47.7 Å². The van der Waals surface area contributed by atoms with Crippen LogP contribution >= 0.6 is 0 Å². The third-order valence-electron chi connectivity index (χ3n) is 14.2. The molecule has 9 rings (SSSR count). The third kappa shape index (κ3) is 7.97. The number of aromatic hydroxyl groups is 1. The van der Waals surface area contributed by atoms with Crippen molar-refractivity contribution in [3.63, 3.8) is 0 Å². The lowest BCUT2D eigenvalue weighted by molar-refractivity contribution is -0.129. The number of phenolic OH excluding ortho intramolecular Hbond substituents is 1. The van der Waals surface area contributed by atoms with Crippen molar-refractivity contribution in [2.45, 2.75) is 122 Å². The number of ether oxygens (including phenoxy) is 2. The summed E-state index contributed by atoms with van der Waals surface area (Å²) >= 11 is 0. The number of aliphatic imine (C=N–C) groups is 1. The maximum absolute atomic E-state index is 14.1. The van der Waals surface area contributed by atoms with Gasteiger partial charge in [0.2, 0.25) is 0 Å². The average molecular weight is 839 g/mol. The quantitative estimate of drug-likeness (QED) is 0.0869. The number of nitrogens with one attached hydrogen (secondary N) is 1. The predicted octanol–water partition coefficient (Wildman–Crippen LogP) is 6.62. The number of hydrogen-bond acceptors (Lipinski definition) is 11. The lowest BCUT2D eigenvalue weighted by Gasteiger charge is -2.39. The number of carbonyl (C=O) groups is 1. The Morgan fingerprint density at radius 2 is 1.94 bits per heavy atom. The molecule has 1 spiro atoms. The van der Waals surface area contributed by atoms with Crippen molar-refractivity contribution in [2.24, 2.45) is 39.8 Å². The Balaban J connectivity index is 1.06. The van der Waals surface area contributed by atoms with Crippen LogP contribution in [0, 0.1) is 53.0 Å². The molecule has 1 fully saturated rings. The molecule has 5 heterocycles. The topological polar surface area (TPSA) is 170 Å². The molecule has 2 bridgehead atoms. The normalized spacial score (nSPS) is 28.3. The van der Waals surface area contributed by atoms with Gasteiger partial charge in [-0.3, -0.25) is 9.79 Å². The van der Waals surface area contributed by atoms with Gasteiger partial charge in [0.15, 0.2) is 17.7 Å². The van der Waals surface area contributed by atoms with Crippen molar-refractivity contribution in [3.8, 4) is 41.1 Å². The van der Waals surface area contributed by atoms with Crippen LogP contribution in [0.2, 0.25) is 0 Å². The molecule has 2 aliphatic carbocycles. The van der Waals surface area contributed by atoms with E-state index in [1.807, 2.05) is 49.7 Å². The van der Waals surface area contributed by atoms with Crippen LogP contribution in [-0.4, -0.2) is 61.8 Å². The number of allylic oxidation sites excluding steroid dienone is 2. The highest BCUT2D eigenvalue weighted by Gasteiger charge is 2.49. The number of phenols is 1. The van der Waals surface area contributed by atoms with Gasteiger partial charge in [0, 0.05) is 48.7 Å². The Morgan fingerprint density at radius 1 is 1.11 bits per heavy atom. The van der Waals surface area contributed by atoms with E-state index >= 15 is 0 Å². The molecule has 324 valence electrons. The lowest BCUT2D eigenvalue weighted by atomic mass is 9.73. The molecule has 1 saturated carbocycles. The van der Waals surface area contributed by atoms with E-state index in [0.717, 1.165) is 84.1 Å². The number of hydrogen-bond donors (Lipinski definition) is 6. The summed E-state index contributed by atoms with van der Waals surface area (Å²) in [4.78, 5) is 21.1. The second-order valence-corrected chi connectivity index (χ2v) is 18.3. The molecule has 0 amide bonds. The maximum atomic E-state index is 14.1. The van der Waals surface area contributed by atoms with Gasteiger partial charge in [-0.25, -0.2) is 0 Å². The van der Waals surface area contributed by atoms with Crippen LogP contribution in [0.15, 0.2) is 71.2 Å². The molecule has 5 aliphatic heterocycles. The van der Waals surface area contributed by atoms with Crippen molar-refractivity contribution in [2.75, 3.05) is 6.54 Å². The van der Waals surface area contributed by atoms with E-state index in [-0.39, 0.29) is 42.2 Å². The summed E-state index contributed by atoms with van der Waals surface area (Å²) in [6, 6.07) is 7.14. The minimum absolute atomic E-state index is 0.0490. The first-order valence-corrected chi connectivity index (χ1v) is 22.6. The van der Waals surface area contributed by atoms with Crippen molar-refractivity contribution in [3.05, 3.63) is 94.0 Å².